The van der Waals surface area contributed by atoms with Crippen LogP contribution in [0.1, 0.15) is 49.5 Å². The third kappa shape index (κ3) is 5.57. The van der Waals surface area contributed by atoms with Crippen LogP contribution in [0.2, 0.25) is 0 Å². The standard InChI is InChI=1S/C17H23FN2O/c1-4-12(2)10-13(3)20-17(21)16-8-7-15(18)11-14(16)6-5-9-19/h7-8,11-13H,4,9-10,19H2,1-3H3,(H,20,21). The molecule has 1 rings (SSSR count). The zero-order valence-electron chi connectivity index (χ0n) is 12.9. The Hall–Kier alpha value is -1.86. The van der Waals surface area contributed by atoms with Gasteiger partial charge in [-0.3, -0.25) is 4.79 Å². The van der Waals surface area contributed by atoms with Crippen LogP contribution >= 0.6 is 0 Å². The largest absolute Gasteiger partial charge is 0.350 e. The van der Waals surface area contributed by atoms with E-state index in [0.717, 1.165) is 12.8 Å². The summed E-state index contributed by atoms with van der Waals surface area (Å²) in [5, 5.41) is 2.94. The second-order valence-electron chi connectivity index (χ2n) is 5.32. The molecule has 4 heteroatoms. The van der Waals surface area contributed by atoms with Crippen molar-refractivity contribution in [1.82, 2.24) is 5.32 Å². The van der Waals surface area contributed by atoms with Crippen molar-refractivity contribution in [1.29, 1.82) is 0 Å². The van der Waals surface area contributed by atoms with Gasteiger partial charge >= 0.3 is 0 Å². The maximum atomic E-state index is 13.3. The summed E-state index contributed by atoms with van der Waals surface area (Å²) in [5.41, 5.74) is 6.08. The first-order valence-electron chi connectivity index (χ1n) is 7.27. The molecule has 1 amide bonds. The topological polar surface area (TPSA) is 55.1 Å². The second-order valence-corrected chi connectivity index (χ2v) is 5.32. The van der Waals surface area contributed by atoms with E-state index in [1.54, 1.807) is 0 Å². The van der Waals surface area contributed by atoms with E-state index in [0.29, 0.717) is 17.0 Å². The van der Waals surface area contributed by atoms with Gasteiger partial charge in [0.15, 0.2) is 0 Å². The first-order valence-corrected chi connectivity index (χ1v) is 7.27. The quantitative estimate of drug-likeness (QED) is 0.819. The highest BCUT2D eigenvalue weighted by Gasteiger charge is 2.15. The number of amides is 1. The summed E-state index contributed by atoms with van der Waals surface area (Å²) in [6, 6.07) is 4.05. The Morgan fingerprint density at radius 3 is 2.76 bits per heavy atom. The Morgan fingerprint density at radius 1 is 1.43 bits per heavy atom. The number of nitrogens with two attached hydrogens (primary N) is 1. The lowest BCUT2D eigenvalue weighted by Crippen LogP contribution is -2.34. The molecule has 0 radical (unpaired) electrons. The smallest absolute Gasteiger partial charge is 0.252 e. The molecule has 0 bridgehead atoms. The summed E-state index contributed by atoms with van der Waals surface area (Å²) in [4.78, 5) is 12.3. The molecule has 114 valence electrons. The van der Waals surface area contributed by atoms with Gasteiger partial charge in [-0.05, 0) is 37.5 Å². The molecular formula is C17H23FN2O. The third-order valence-corrected chi connectivity index (χ3v) is 3.38. The highest BCUT2D eigenvalue weighted by Crippen LogP contribution is 2.13. The lowest BCUT2D eigenvalue weighted by molar-refractivity contribution is 0.0935. The van der Waals surface area contributed by atoms with Crippen molar-refractivity contribution < 1.29 is 9.18 Å². The molecule has 21 heavy (non-hydrogen) atoms. The second kappa shape index (κ2) is 8.43. The summed E-state index contributed by atoms with van der Waals surface area (Å²) in [5.74, 6) is 5.30. The molecule has 0 saturated carbocycles. The number of hydrogen-bond donors (Lipinski definition) is 2. The van der Waals surface area contributed by atoms with Crippen LogP contribution in [0, 0.1) is 23.6 Å². The molecule has 2 atom stereocenters. The molecule has 0 aliphatic carbocycles. The van der Waals surface area contributed by atoms with Gasteiger partial charge in [-0.15, -0.1) is 0 Å². The summed E-state index contributed by atoms with van der Waals surface area (Å²) < 4.78 is 13.3. The number of hydrogen-bond acceptors (Lipinski definition) is 2. The number of halogens is 1. The van der Waals surface area contributed by atoms with E-state index < -0.39 is 5.82 Å². The van der Waals surface area contributed by atoms with Gasteiger partial charge in [0.05, 0.1) is 12.1 Å². The summed E-state index contributed by atoms with van der Waals surface area (Å²) in [7, 11) is 0. The van der Waals surface area contributed by atoms with Crippen LogP contribution in [0.5, 0.6) is 0 Å². The van der Waals surface area contributed by atoms with Crippen molar-refractivity contribution in [2.75, 3.05) is 6.54 Å². The maximum absolute atomic E-state index is 13.3. The van der Waals surface area contributed by atoms with Crippen molar-refractivity contribution >= 4 is 5.91 Å². The van der Waals surface area contributed by atoms with Crippen molar-refractivity contribution in [2.45, 2.75) is 39.7 Å². The molecule has 0 aliphatic rings. The Morgan fingerprint density at radius 2 is 2.14 bits per heavy atom. The van der Waals surface area contributed by atoms with E-state index in [4.69, 9.17) is 5.73 Å². The van der Waals surface area contributed by atoms with Crippen molar-refractivity contribution in [2.24, 2.45) is 11.7 Å². The maximum Gasteiger partial charge on any atom is 0.252 e. The van der Waals surface area contributed by atoms with Crippen LogP contribution in [-0.2, 0) is 0 Å². The molecule has 3 nitrogen and oxygen atoms in total. The van der Waals surface area contributed by atoms with E-state index in [1.807, 2.05) is 6.92 Å². The van der Waals surface area contributed by atoms with Gasteiger partial charge in [0.25, 0.3) is 5.91 Å². The lowest BCUT2D eigenvalue weighted by atomic mass is 9.99. The molecule has 3 N–H and O–H groups in total. The summed E-state index contributed by atoms with van der Waals surface area (Å²) in [6.45, 7) is 6.42. The van der Waals surface area contributed by atoms with Crippen molar-refractivity contribution in [3.05, 3.63) is 35.1 Å². The van der Waals surface area contributed by atoms with E-state index >= 15 is 0 Å². The average Bonchev–Trinajstić information content (AvgIpc) is 2.44. The monoisotopic (exact) mass is 290 g/mol. The van der Waals surface area contributed by atoms with Gasteiger partial charge in [-0.1, -0.05) is 32.1 Å². The van der Waals surface area contributed by atoms with Crippen LogP contribution in [0.15, 0.2) is 18.2 Å². The zero-order valence-corrected chi connectivity index (χ0v) is 12.9. The van der Waals surface area contributed by atoms with Crippen LogP contribution in [-0.4, -0.2) is 18.5 Å². The van der Waals surface area contributed by atoms with E-state index in [-0.39, 0.29) is 18.5 Å². The minimum Gasteiger partial charge on any atom is -0.350 e. The van der Waals surface area contributed by atoms with E-state index in [9.17, 15) is 9.18 Å². The molecule has 1 aromatic rings. The van der Waals surface area contributed by atoms with E-state index in [1.165, 1.54) is 18.2 Å². The molecule has 0 aromatic heterocycles. The normalized spacial score (nSPS) is 13.0. The molecule has 0 aliphatic heterocycles. The van der Waals surface area contributed by atoms with Gasteiger partial charge in [0.1, 0.15) is 5.82 Å². The Kier molecular flexibility index (Phi) is 6.90. The highest BCUT2D eigenvalue weighted by atomic mass is 19.1. The molecule has 2 unspecified atom stereocenters. The fourth-order valence-corrected chi connectivity index (χ4v) is 2.09. The number of carbonyl (C=O) groups excluding carboxylic acids is 1. The molecule has 0 heterocycles. The van der Waals surface area contributed by atoms with Crippen LogP contribution in [0.25, 0.3) is 0 Å². The molecule has 0 fully saturated rings. The van der Waals surface area contributed by atoms with Gasteiger partial charge < -0.3 is 11.1 Å². The highest BCUT2D eigenvalue weighted by molar-refractivity contribution is 5.96. The Bertz CT molecular complexity index is 545. The third-order valence-electron chi connectivity index (χ3n) is 3.38. The number of rotatable bonds is 5. The van der Waals surface area contributed by atoms with Crippen LogP contribution in [0.3, 0.4) is 0 Å². The number of carbonyl (C=O) groups is 1. The van der Waals surface area contributed by atoms with Gasteiger partial charge in [0.2, 0.25) is 0 Å². The first kappa shape index (κ1) is 17.2. The van der Waals surface area contributed by atoms with Crippen LogP contribution in [0.4, 0.5) is 4.39 Å². The van der Waals surface area contributed by atoms with E-state index in [2.05, 4.69) is 31.0 Å². The van der Waals surface area contributed by atoms with Gasteiger partial charge in [-0.2, -0.15) is 0 Å². The summed E-state index contributed by atoms with van der Waals surface area (Å²) in [6.07, 6.45) is 1.98. The first-order chi connectivity index (χ1) is 9.97. The number of nitrogens with one attached hydrogen (secondary N) is 1. The molecule has 1 aromatic carbocycles. The molecule has 0 spiro atoms. The van der Waals surface area contributed by atoms with Gasteiger partial charge in [0, 0.05) is 11.6 Å². The number of benzene rings is 1. The van der Waals surface area contributed by atoms with Gasteiger partial charge in [-0.25, -0.2) is 4.39 Å². The fourth-order valence-electron chi connectivity index (χ4n) is 2.09. The molecular weight excluding hydrogens is 267 g/mol. The Balaban J connectivity index is 2.87. The zero-order chi connectivity index (χ0) is 15.8. The van der Waals surface area contributed by atoms with Crippen LogP contribution < -0.4 is 11.1 Å². The predicted molar refractivity (Wildman–Crippen MR) is 83.3 cm³/mol. The minimum atomic E-state index is -0.416. The average molecular weight is 290 g/mol. The minimum absolute atomic E-state index is 0.0628. The predicted octanol–water partition coefficient (Wildman–Crippen LogP) is 2.69. The lowest BCUT2D eigenvalue weighted by Gasteiger charge is -2.18. The Labute approximate surface area is 126 Å². The summed E-state index contributed by atoms with van der Waals surface area (Å²) >= 11 is 0. The molecule has 0 saturated heterocycles. The van der Waals surface area contributed by atoms with Crippen molar-refractivity contribution in [3.8, 4) is 11.8 Å². The SMILES string of the molecule is CCC(C)CC(C)NC(=O)c1ccc(F)cc1C#CCN. The van der Waals surface area contributed by atoms with Crippen molar-refractivity contribution in [3.63, 3.8) is 0 Å². The fraction of sp³-hybridized carbons (Fsp3) is 0.471.